The zero-order valence-electron chi connectivity index (χ0n) is 17.9. The van der Waals surface area contributed by atoms with Crippen molar-refractivity contribution in [3.8, 4) is 27.7 Å². The van der Waals surface area contributed by atoms with Crippen LogP contribution < -0.4 is 9.47 Å². The minimum atomic E-state index is -0.410. The van der Waals surface area contributed by atoms with Gasteiger partial charge >= 0.3 is 0 Å². The van der Waals surface area contributed by atoms with Crippen LogP contribution >= 0.6 is 11.3 Å². The molecule has 0 aliphatic carbocycles. The number of nitrogens with zero attached hydrogens (tertiary/aromatic N) is 4. The number of aliphatic hydroxyl groups is 1. The minimum absolute atomic E-state index is 0.0227. The average molecular weight is 469 g/mol. The van der Waals surface area contributed by atoms with Gasteiger partial charge < -0.3 is 19.7 Å². The maximum absolute atomic E-state index is 13.8. The van der Waals surface area contributed by atoms with Crippen molar-refractivity contribution in [3.63, 3.8) is 0 Å². The maximum Gasteiger partial charge on any atom is 0.195 e. The van der Waals surface area contributed by atoms with Crippen molar-refractivity contribution < 1.29 is 24.1 Å². The van der Waals surface area contributed by atoms with E-state index < -0.39 is 5.82 Å². The van der Waals surface area contributed by atoms with Crippen LogP contribution in [0.2, 0.25) is 0 Å². The van der Waals surface area contributed by atoms with Crippen molar-refractivity contribution in [1.82, 2.24) is 9.97 Å². The molecule has 0 aliphatic rings. The number of aromatic nitrogens is 2. The molecule has 2 heterocycles. The minimum Gasteiger partial charge on any atom is -0.504 e. The van der Waals surface area contributed by atoms with Crippen molar-refractivity contribution in [2.45, 2.75) is 20.1 Å². The number of thiophene rings is 1. The summed E-state index contributed by atoms with van der Waals surface area (Å²) in [5.74, 6) is 0.725. The summed E-state index contributed by atoms with van der Waals surface area (Å²) in [6, 6.07) is 9.28. The number of hydrogen-bond donors (Lipinski definition) is 2. The number of methoxy groups -OCH3 is 1. The maximum atomic E-state index is 13.8. The zero-order valence-corrected chi connectivity index (χ0v) is 18.8. The lowest BCUT2D eigenvalue weighted by atomic mass is 10.1. The molecule has 4 rings (SSSR count). The summed E-state index contributed by atoms with van der Waals surface area (Å²) in [7, 11) is 1.48. The molecule has 0 saturated heterocycles. The van der Waals surface area contributed by atoms with Gasteiger partial charge in [-0.05, 0) is 36.8 Å². The second kappa shape index (κ2) is 9.88. The quantitative estimate of drug-likeness (QED) is 0.336. The van der Waals surface area contributed by atoms with Crippen LogP contribution in [0.1, 0.15) is 18.1 Å². The van der Waals surface area contributed by atoms with E-state index in [4.69, 9.17) is 9.47 Å². The summed E-state index contributed by atoms with van der Waals surface area (Å²) in [4.78, 5) is 9.26. The molecule has 0 amide bonds. The molecule has 4 aromatic rings. The van der Waals surface area contributed by atoms with Crippen LogP contribution in [0.15, 0.2) is 53.0 Å². The standard InChI is InChI=1S/C23H21FN4O4S/c1-3-32-19-9-14(24)5-6-15(19)21-16(11-29)20-22(33-21)23(26-12-25-20)28-27-10-13-4-7-18(31-2)17(30)8-13/h4-9,12,29-30H,3,10-11H2,1-2H3. The van der Waals surface area contributed by atoms with Crippen molar-refractivity contribution >= 4 is 27.4 Å². The Morgan fingerprint density at radius 3 is 2.70 bits per heavy atom. The molecule has 2 aromatic heterocycles. The summed E-state index contributed by atoms with van der Waals surface area (Å²) in [6.07, 6.45) is 1.36. The fraction of sp³-hybridized carbons (Fsp3) is 0.217. The predicted molar refractivity (Wildman–Crippen MR) is 123 cm³/mol. The van der Waals surface area contributed by atoms with Gasteiger partial charge in [0.25, 0.3) is 0 Å². The first-order chi connectivity index (χ1) is 16.0. The van der Waals surface area contributed by atoms with Crippen molar-refractivity contribution in [2.75, 3.05) is 13.7 Å². The SMILES string of the molecule is CCOc1cc(F)ccc1-c1sc2c(N=NCc3ccc(OC)c(O)c3)ncnc2c1CO. The summed E-state index contributed by atoms with van der Waals surface area (Å²) >= 11 is 1.33. The Kier molecular flexibility index (Phi) is 6.76. The third-order valence-electron chi connectivity index (χ3n) is 4.86. The lowest BCUT2D eigenvalue weighted by molar-refractivity contribution is 0.284. The number of phenols is 1. The first-order valence-electron chi connectivity index (χ1n) is 10.1. The molecule has 0 spiro atoms. The molecule has 8 nitrogen and oxygen atoms in total. The van der Waals surface area contributed by atoms with Crippen molar-refractivity contribution in [1.29, 1.82) is 0 Å². The highest BCUT2D eigenvalue weighted by Gasteiger charge is 2.20. The van der Waals surface area contributed by atoms with E-state index in [1.54, 1.807) is 24.3 Å². The van der Waals surface area contributed by atoms with Crippen molar-refractivity contribution in [3.05, 3.63) is 59.7 Å². The van der Waals surface area contributed by atoms with E-state index in [1.165, 1.54) is 36.9 Å². The van der Waals surface area contributed by atoms with E-state index in [-0.39, 0.29) is 18.9 Å². The van der Waals surface area contributed by atoms with Crippen LogP contribution in [0.25, 0.3) is 20.7 Å². The Bertz CT molecular complexity index is 1330. The Balaban J connectivity index is 1.71. The number of benzene rings is 2. The molecule has 0 radical (unpaired) electrons. The Hall–Kier alpha value is -3.63. The lowest BCUT2D eigenvalue weighted by Gasteiger charge is -2.10. The van der Waals surface area contributed by atoms with Gasteiger partial charge in [0.1, 0.15) is 22.6 Å². The molecule has 0 atom stereocenters. The smallest absolute Gasteiger partial charge is 0.195 e. The van der Waals surface area contributed by atoms with Crippen LogP contribution in [-0.4, -0.2) is 33.9 Å². The van der Waals surface area contributed by atoms with E-state index in [2.05, 4.69) is 20.2 Å². The molecule has 2 N–H and O–H groups in total. The van der Waals surface area contributed by atoms with Crippen LogP contribution in [0.4, 0.5) is 10.2 Å². The Morgan fingerprint density at radius 2 is 1.97 bits per heavy atom. The topological polar surface area (TPSA) is 109 Å². The normalized spacial score (nSPS) is 11.4. The van der Waals surface area contributed by atoms with Gasteiger partial charge in [0.05, 0.1) is 32.4 Å². The van der Waals surface area contributed by atoms with Gasteiger partial charge in [0.2, 0.25) is 0 Å². The number of fused-ring (bicyclic) bond motifs is 1. The highest BCUT2D eigenvalue weighted by atomic mass is 32.1. The van der Waals surface area contributed by atoms with E-state index in [1.807, 2.05) is 6.92 Å². The van der Waals surface area contributed by atoms with Gasteiger partial charge in [-0.1, -0.05) is 6.07 Å². The van der Waals surface area contributed by atoms with Gasteiger partial charge in [-0.3, -0.25) is 0 Å². The number of phenolic OH excluding ortho intramolecular Hbond substituents is 1. The van der Waals surface area contributed by atoms with Crippen molar-refractivity contribution in [2.24, 2.45) is 10.2 Å². The highest BCUT2D eigenvalue weighted by molar-refractivity contribution is 7.23. The fourth-order valence-electron chi connectivity index (χ4n) is 3.36. The second-order valence-corrected chi connectivity index (χ2v) is 7.94. The van der Waals surface area contributed by atoms with Gasteiger partial charge in [0, 0.05) is 22.1 Å². The molecule has 0 bridgehead atoms. The van der Waals surface area contributed by atoms with E-state index >= 15 is 0 Å². The number of aromatic hydroxyl groups is 1. The van der Waals surface area contributed by atoms with E-state index in [0.29, 0.717) is 50.1 Å². The third-order valence-corrected chi connectivity index (χ3v) is 6.11. The molecule has 0 aliphatic heterocycles. The highest BCUT2D eigenvalue weighted by Crippen LogP contribution is 2.44. The lowest BCUT2D eigenvalue weighted by Crippen LogP contribution is -1.95. The molecular formula is C23H21FN4O4S. The third kappa shape index (κ3) is 4.62. The Labute approximate surface area is 193 Å². The average Bonchev–Trinajstić information content (AvgIpc) is 3.19. The molecular weight excluding hydrogens is 447 g/mol. The number of rotatable bonds is 8. The fourth-order valence-corrected chi connectivity index (χ4v) is 4.58. The van der Waals surface area contributed by atoms with E-state index in [9.17, 15) is 14.6 Å². The molecule has 10 heteroatoms. The monoisotopic (exact) mass is 468 g/mol. The number of azo groups is 1. The number of hydrogen-bond acceptors (Lipinski definition) is 9. The number of aliphatic hydroxyl groups excluding tert-OH is 1. The Morgan fingerprint density at radius 1 is 1.12 bits per heavy atom. The molecule has 33 heavy (non-hydrogen) atoms. The summed E-state index contributed by atoms with van der Waals surface area (Å²) < 4.78 is 25.1. The molecule has 0 saturated carbocycles. The summed E-state index contributed by atoms with van der Waals surface area (Å²) in [6.45, 7) is 2.15. The van der Waals surface area contributed by atoms with Gasteiger partial charge in [0.15, 0.2) is 17.3 Å². The zero-order chi connectivity index (χ0) is 23.4. The largest absolute Gasteiger partial charge is 0.504 e. The van der Waals surface area contributed by atoms with Gasteiger partial charge in [-0.2, -0.15) is 5.11 Å². The molecule has 170 valence electrons. The summed E-state index contributed by atoms with van der Waals surface area (Å²) in [5, 5.41) is 28.5. The second-order valence-electron chi connectivity index (χ2n) is 6.92. The molecule has 2 aromatic carbocycles. The van der Waals surface area contributed by atoms with Gasteiger partial charge in [-0.25, -0.2) is 14.4 Å². The summed E-state index contributed by atoms with van der Waals surface area (Å²) in [5.41, 5.74) is 2.54. The number of ether oxygens (including phenoxy) is 2. The molecule has 0 unspecified atom stereocenters. The van der Waals surface area contributed by atoms with E-state index in [0.717, 1.165) is 5.56 Å². The van der Waals surface area contributed by atoms with Crippen LogP contribution in [0.3, 0.4) is 0 Å². The van der Waals surface area contributed by atoms with Crippen LogP contribution in [0, 0.1) is 5.82 Å². The first kappa shape index (κ1) is 22.6. The van der Waals surface area contributed by atoms with Gasteiger partial charge in [-0.15, -0.1) is 16.5 Å². The number of halogens is 1. The predicted octanol–water partition coefficient (Wildman–Crippen LogP) is 5.39. The van der Waals surface area contributed by atoms with Crippen LogP contribution in [0.5, 0.6) is 17.2 Å². The van der Waals surface area contributed by atoms with Crippen LogP contribution in [-0.2, 0) is 13.2 Å². The first-order valence-corrected chi connectivity index (χ1v) is 10.9. The molecule has 0 fully saturated rings.